The van der Waals surface area contributed by atoms with Gasteiger partial charge >= 0.3 is 5.97 Å². The maximum atomic E-state index is 11.0. The van der Waals surface area contributed by atoms with E-state index in [2.05, 4.69) is 14.7 Å². The number of carbonyl (C=O) groups excluding carboxylic acids is 2. The van der Waals surface area contributed by atoms with Gasteiger partial charge in [-0.1, -0.05) is 0 Å². The van der Waals surface area contributed by atoms with Gasteiger partial charge in [-0.05, 0) is 24.3 Å². The molecule has 0 saturated carbocycles. The number of hydrogen-bond donors (Lipinski definition) is 2. The summed E-state index contributed by atoms with van der Waals surface area (Å²) in [5.74, 6) is -1.06. The molecule has 118 valence electrons. The number of hydrogen-bond acceptors (Lipinski definition) is 6. The number of esters is 1. The van der Waals surface area contributed by atoms with Crippen LogP contribution in [0.2, 0.25) is 0 Å². The zero-order valence-corrected chi connectivity index (χ0v) is 12.2. The Hall–Kier alpha value is -3.47. The predicted octanol–water partition coefficient (Wildman–Crippen LogP) is 0.633. The van der Waals surface area contributed by atoms with Crippen molar-refractivity contribution in [2.75, 3.05) is 7.11 Å². The molecular weight excluding hydrogens is 302 g/mol. The number of ether oxygens (including phenoxy) is 1. The van der Waals surface area contributed by atoms with Crippen LogP contribution in [0.3, 0.4) is 0 Å². The third-order valence-electron chi connectivity index (χ3n) is 2.58. The summed E-state index contributed by atoms with van der Waals surface area (Å²) in [5.41, 5.74) is -0.814. The van der Waals surface area contributed by atoms with Gasteiger partial charge in [0.25, 0.3) is 11.1 Å². The molecule has 2 aromatic heterocycles. The molecule has 0 radical (unpaired) electrons. The molecule has 2 N–H and O–H groups in total. The molecule has 8 nitrogen and oxygen atoms in total. The average molecular weight is 315 g/mol. The Morgan fingerprint density at radius 2 is 1.61 bits per heavy atom. The highest BCUT2D eigenvalue weighted by Gasteiger charge is 2.08. The fourth-order valence-electron chi connectivity index (χ4n) is 1.50. The van der Waals surface area contributed by atoms with E-state index in [4.69, 9.17) is 5.26 Å². The lowest BCUT2D eigenvalue weighted by atomic mass is 10.1. The summed E-state index contributed by atoms with van der Waals surface area (Å²) < 4.78 is 4.36. The van der Waals surface area contributed by atoms with E-state index in [9.17, 15) is 19.2 Å². The number of H-pyrrole nitrogens is 2. The highest BCUT2D eigenvalue weighted by atomic mass is 16.5. The largest absolute Gasteiger partial charge is 0.465 e. The van der Waals surface area contributed by atoms with Crippen molar-refractivity contribution in [3.8, 4) is 6.07 Å². The fraction of sp³-hybridized carbons (Fsp3) is 0.133. The Kier molecular flexibility index (Phi) is 6.68. The first-order valence-electron chi connectivity index (χ1n) is 6.35. The van der Waals surface area contributed by atoms with E-state index in [-0.39, 0.29) is 17.5 Å². The van der Waals surface area contributed by atoms with E-state index in [1.165, 1.54) is 31.6 Å². The Labute approximate surface area is 130 Å². The van der Waals surface area contributed by atoms with E-state index in [0.717, 1.165) is 0 Å². The molecule has 0 aromatic carbocycles. The summed E-state index contributed by atoms with van der Waals surface area (Å²) in [7, 11) is 1.23. The molecule has 23 heavy (non-hydrogen) atoms. The molecule has 8 heteroatoms. The second kappa shape index (κ2) is 8.74. The number of aromatic nitrogens is 2. The lowest BCUT2D eigenvalue weighted by molar-refractivity contribution is 0.0598. The summed E-state index contributed by atoms with van der Waals surface area (Å²) in [6, 6.07) is 7.61. The molecule has 0 aliphatic carbocycles. The first-order chi connectivity index (χ1) is 11.0. The third kappa shape index (κ3) is 5.09. The van der Waals surface area contributed by atoms with Crippen molar-refractivity contribution in [2.45, 2.75) is 6.42 Å². The molecule has 0 unspecified atom stereocenters. The topological polar surface area (TPSA) is 133 Å². The van der Waals surface area contributed by atoms with Crippen molar-refractivity contribution in [1.29, 1.82) is 5.26 Å². The highest BCUT2D eigenvalue weighted by molar-refractivity contribution is 5.96. The van der Waals surface area contributed by atoms with Crippen LogP contribution in [0.5, 0.6) is 0 Å². The number of nitriles is 1. The Morgan fingerprint density at radius 3 is 2.04 bits per heavy atom. The number of rotatable bonds is 3. The van der Waals surface area contributed by atoms with Crippen LogP contribution in [-0.2, 0) is 4.74 Å². The van der Waals surface area contributed by atoms with Crippen molar-refractivity contribution in [1.82, 2.24) is 9.97 Å². The van der Waals surface area contributed by atoms with Crippen molar-refractivity contribution in [3.63, 3.8) is 0 Å². The van der Waals surface area contributed by atoms with Gasteiger partial charge in [0, 0.05) is 12.4 Å². The van der Waals surface area contributed by atoms with Gasteiger partial charge in [0.1, 0.15) is 5.56 Å². The minimum absolute atomic E-state index is 0.0231. The number of ketones is 1. The smallest absolute Gasteiger partial charge is 0.343 e. The summed E-state index contributed by atoms with van der Waals surface area (Å²) in [5, 5.41) is 8.21. The molecule has 0 atom stereocenters. The molecule has 2 aromatic rings. The molecule has 2 rings (SSSR count). The Morgan fingerprint density at radius 1 is 1.09 bits per heavy atom. The van der Waals surface area contributed by atoms with Crippen LogP contribution in [0.15, 0.2) is 46.2 Å². The van der Waals surface area contributed by atoms with Gasteiger partial charge in [-0.3, -0.25) is 14.4 Å². The summed E-state index contributed by atoms with van der Waals surface area (Å²) in [4.78, 5) is 48.3. The molecular formula is C15H13N3O5. The predicted molar refractivity (Wildman–Crippen MR) is 80.0 cm³/mol. The SMILES string of the molecule is COC(=O)c1ccc[nH]c1=O.N#CCC(=O)c1ccc[nH]c1=O. The van der Waals surface area contributed by atoms with Crippen LogP contribution < -0.4 is 11.1 Å². The van der Waals surface area contributed by atoms with Crippen LogP contribution in [-0.4, -0.2) is 28.8 Å². The van der Waals surface area contributed by atoms with E-state index in [1.54, 1.807) is 18.2 Å². The zero-order valence-electron chi connectivity index (χ0n) is 12.2. The highest BCUT2D eigenvalue weighted by Crippen LogP contribution is 1.94. The molecule has 0 saturated heterocycles. The number of Topliss-reactive ketones (excluding diaryl/α,β-unsaturated/α-hetero) is 1. The maximum Gasteiger partial charge on any atom is 0.343 e. The number of nitrogens with one attached hydrogen (secondary N) is 2. The standard InChI is InChI=1S/C8H6N2O2.C7H7NO3/c9-4-3-7(11)6-2-1-5-10-8(6)12;1-11-7(10)5-3-2-4-8-6(5)9/h1-2,5H,3H2,(H,10,12);2-4H,1H3,(H,8,9). The number of nitrogens with zero attached hydrogens (tertiary/aromatic N) is 1. The van der Waals surface area contributed by atoms with Gasteiger partial charge in [0.2, 0.25) is 0 Å². The third-order valence-corrected chi connectivity index (χ3v) is 2.58. The molecule has 0 fully saturated rings. The van der Waals surface area contributed by atoms with Gasteiger partial charge in [-0.15, -0.1) is 0 Å². The second-order valence-electron chi connectivity index (χ2n) is 4.08. The molecule has 0 aliphatic rings. The van der Waals surface area contributed by atoms with Crippen LogP contribution in [0.1, 0.15) is 27.1 Å². The number of methoxy groups -OCH3 is 1. The van der Waals surface area contributed by atoms with Gasteiger partial charge in [-0.25, -0.2) is 4.79 Å². The lowest BCUT2D eigenvalue weighted by Gasteiger charge is -1.94. The van der Waals surface area contributed by atoms with Crippen molar-refractivity contribution < 1.29 is 14.3 Å². The second-order valence-corrected chi connectivity index (χ2v) is 4.08. The molecule has 0 aliphatic heterocycles. The van der Waals surface area contributed by atoms with E-state index in [1.807, 2.05) is 0 Å². The van der Waals surface area contributed by atoms with Crippen molar-refractivity contribution in [3.05, 3.63) is 68.5 Å². The quantitative estimate of drug-likeness (QED) is 0.630. The van der Waals surface area contributed by atoms with Gasteiger partial charge in [0.15, 0.2) is 5.78 Å². The molecule has 2 heterocycles. The number of aromatic amines is 2. The van der Waals surface area contributed by atoms with Crippen LogP contribution in [0.25, 0.3) is 0 Å². The van der Waals surface area contributed by atoms with Crippen molar-refractivity contribution in [2.24, 2.45) is 0 Å². The maximum absolute atomic E-state index is 11.0. The van der Waals surface area contributed by atoms with E-state index in [0.29, 0.717) is 0 Å². The number of pyridine rings is 2. The minimum Gasteiger partial charge on any atom is -0.465 e. The number of carbonyl (C=O) groups is 2. The van der Waals surface area contributed by atoms with Gasteiger partial charge in [-0.2, -0.15) is 5.26 Å². The summed E-state index contributed by atoms with van der Waals surface area (Å²) in [6.45, 7) is 0. The molecule has 0 amide bonds. The average Bonchev–Trinajstić information content (AvgIpc) is 2.56. The van der Waals surface area contributed by atoms with Crippen LogP contribution >= 0.6 is 0 Å². The van der Waals surface area contributed by atoms with Gasteiger partial charge < -0.3 is 14.7 Å². The Balaban J connectivity index is 0.000000231. The molecule has 0 spiro atoms. The first kappa shape index (κ1) is 17.6. The van der Waals surface area contributed by atoms with Crippen LogP contribution in [0.4, 0.5) is 0 Å². The fourth-order valence-corrected chi connectivity index (χ4v) is 1.50. The summed E-state index contributed by atoms with van der Waals surface area (Å²) >= 11 is 0. The van der Waals surface area contributed by atoms with E-state index >= 15 is 0 Å². The Bertz CT molecular complexity index is 845. The van der Waals surface area contributed by atoms with E-state index < -0.39 is 22.9 Å². The first-order valence-corrected chi connectivity index (χ1v) is 6.35. The normalized spacial score (nSPS) is 9.04. The minimum atomic E-state index is -0.619. The lowest BCUT2D eigenvalue weighted by Crippen LogP contribution is -2.17. The van der Waals surface area contributed by atoms with Crippen molar-refractivity contribution >= 4 is 11.8 Å². The monoisotopic (exact) mass is 315 g/mol. The zero-order chi connectivity index (χ0) is 17.2. The molecule has 0 bridgehead atoms. The summed E-state index contributed by atoms with van der Waals surface area (Å²) in [6.07, 6.45) is 2.63. The van der Waals surface area contributed by atoms with Crippen LogP contribution in [0, 0.1) is 11.3 Å². The van der Waals surface area contributed by atoms with Gasteiger partial charge in [0.05, 0.1) is 25.2 Å².